The maximum Gasteiger partial charge on any atom is 0.255 e. The lowest BCUT2D eigenvalue weighted by Crippen LogP contribution is -2.39. The topological polar surface area (TPSA) is 46.3 Å². The maximum atomic E-state index is 12.6. The molecule has 0 radical (unpaired) electrons. The van der Waals surface area contributed by atoms with Gasteiger partial charge in [0.05, 0.1) is 5.56 Å². The molecule has 1 aromatic carbocycles. The molecule has 3 nitrogen and oxygen atoms in total. The van der Waals surface area contributed by atoms with Crippen LogP contribution >= 0.6 is 11.6 Å². The summed E-state index contributed by atoms with van der Waals surface area (Å²) >= 11 is 5.96. The molecule has 1 fully saturated rings. The third-order valence-corrected chi connectivity index (χ3v) is 4.74. The molecular weight excluding hydrogens is 272 g/mol. The van der Waals surface area contributed by atoms with E-state index in [-0.39, 0.29) is 5.91 Å². The van der Waals surface area contributed by atoms with Crippen molar-refractivity contribution in [1.29, 1.82) is 0 Å². The van der Waals surface area contributed by atoms with Crippen molar-refractivity contribution in [2.24, 2.45) is 5.92 Å². The Hall–Kier alpha value is -1.22. The van der Waals surface area contributed by atoms with Crippen LogP contribution in [0.2, 0.25) is 5.02 Å². The first-order valence-electron chi connectivity index (χ1n) is 7.35. The Morgan fingerprint density at radius 1 is 1.35 bits per heavy atom. The molecular formula is C16H23ClN2O. The summed E-state index contributed by atoms with van der Waals surface area (Å²) in [5.74, 6) is 0.802. The predicted molar refractivity (Wildman–Crippen MR) is 84.0 cm³/mol. The van der Waals surface area contributed by atoms with Gasteiger partial charge in [-0.05, 0) is 49.8 Å². The fraction of sp³-hybridized carbons (Fsp3) is 0.562. The highest BCUT2D eigenvalue weighted by molar-refractivity contribution is 6.31. The molecule has 4 heteroatoms. The molecule has 1 aliphatic carbocycles. The van der Waals surface area contributed by atoms with Crippen molar-refractivity contribution in [3.05, 3.63) is 28.8 Å². The summed E-state index contributed by atoms with van der Waals surface area (Å²) in [6, 6.07) is 5.38. The van der Waals surface area contributed by atoms with Gasteiger partial charge >= 0.3 is 0 Å². The Morgan fingerprint density at radius 2 is 2.00 bits per heavy atom. The molecule has 0 unspecified atom stereocenters. The van der Waals surface area contributed by atoms with Gasteiger partial charge in [-0.25, -0.2) is 0 Å². The van der Waals surface area contributed by atoms with Gasteiger partial charge in [-0.15, -0.1) is 0 Å². The third kappa shape index (κ3) is 3.26. The fourth-order valence-corrected chi connectivity index (χ4v) is 3.18. The SMILES string of the molecule is CCC1CCC(N(C)C(=O)c2cc(Cl)ccc2N)CC1. The summed E-state index contributed by atoms with van der Waals surface area (Å²) in [4.78, 5) is 14.4. The molecule has 0 bridgehead atoms. The van der Waals surface area contributed by atoms with Crippen molar-refractivity contribution < 1.29 is 4.79 Å². The number of rotatable bonds is 3. The smallest absolute Gasteiger partial charge is 0.255 e. The van der Waals surface area contributed by atoms with E-state index in [2.05, 4.69) is 6.92 Å². The van der Waals surface area contributed by atoms with Gasteiger partial charge in [-0.3, -0.25) is 4.79 Å². The standard InChI is InChI=1S/C16H23ClN2O/c1-3-11-4-7-13(8-5-11)19(2)16(20)14-10-12(17)6-9-15(14)18/h6,9-11,13H,3-5,7-8,18H2,1-2H3. The van der Waals surface area contributed by atoms with Crippen LogP contribution in [0, 0.1) is 5.92 Å². The minimum atomic E-state index is -0.0232. The number of halogens is 1. The van der Waals surface area contributed by atoms with Crippen LogP contribution in [-0.4, -0.2) is 23.9 Å². The van der Waals surface area contributed by atoms with Crippen LogP contribution in [0.15, 0.2) is 18.2 Å². The zero-order valence-electron chi connectivity index (χ0n) is 12.2. The summed E-state index contributed by atoms with van der Waals surface area (Å²) in [6.07, 6.45) is 5.84. The second kappa shape index (κ2) is 6.49. The molecule has 20 heavy (non-hydrogen) atoms. The van der Waals surface area contributed by atoms with Gasteiger partial charge in [0.25, 0.3) is 5.91 Å². The van der Waals surface area contributed by atoms with Crippen molar-refractivity contribution in [2.45, 2.75) is 45.1 Å². The van der Waals surface area contributed by atoms with Gasteiger partial charge in [0.15, 0.2) is 0 Å². The molecule has 1 saturated carbocycles. The number of nitrogens with zero attached hydrogens (tertiary/aromatic N) is 1. The van der Waals surface area contributed by atoms with E-state index >= 15 is 0 Å². The van der Waals surface area contributed by atoms with Crippen LogP contribution in [0.1, 0.15) is 49.4 Å². The van der Waals surface area contributed by atoms with Gasteiger partial charge in [0.1, 0.15) is 0 Å². The monoisotopic (exact) mass is 294 g/mol. The lowest BCUT2D eigenvalue weighted by molar-refractivity contribution is 0.0676. The van der Waals surface area contributed by atoms with Gasteiger partial charge in [-0.2, -0.15) is 0 Å². The first-order valence-corrected chi connectivity index (χ1v) is 7.73. The summed E-state index contributed by atoms with van der Waals surface area (Å²) in [5.41, 5.74) is 6.90. The normalized spacial score (nSPS) is 22.6. The molecule has 2 N–H and O–H groups in total. The van der Waals surface area contributed by atoms with Gasteiger partial charge in [-0.1, -0.05) is 24.9 Å². The van der Waals surface area contributed by atoms with Gasteiger partial charge in [0, 0.05) is 23.8 Å². The Labute approximate surface area is 126 Å². The lowest BCUT2D eigenvalue weighted by atomic mass is 9.84. The van der Waals surface area contributed by atoms with E-state index in [1.807, 2.05) is 11.9 Å². The Balaban J connectivity index is 2.07. The van der Waals surface area contributed by atoms with Crippen LogP contribution in [0.5, 0.6) is 0 Å². The zero-order valence-corrected chi connectivity index (χ0v) is 13.0. The van der Waals surface area contributed by atoms with Gasteiger partial charge < -0.3 is 10.6 Å². The quantitative estimate of drug-likeness (QED) is 0.858. The number of hydrogen-bond acceptors (Lipinski definition) is 2. The second-order valence-electron chi connectivity index (χ2n) is 5.73. The average Bonchev–Trinajstić information content (AvgIpc) is 2.48. The first kappa shape index (κ1) is 15.2. The molecule has 0 heterocycles. The van der Waals surface area contributed by atoms with E-state index in [0.717, 1.165) is 18.8 Å². The van der Waals surface area contributed by atoms with E-state index in [9.17, 15) is 4.79 Å². The number of carbonyl (C=O) groups excluding carboxylic acids is 1. The summed E-state index contributed by atoms with van der Waals surface area (Å²) in [5, 5.41) is 0.547. The Morgan fingerprint density at radius 3 is 2.60 bits per heavy atom. The summed E-state index contributed by atoms with van der Waals surface area (Å²) < 4.78 is 0. The molecule has 110 valence electrons. The highest BCUT2D eigenvalue weighted by Gasteiger charge is 2.27. The number of nitrogens with two attached hydrogens (primary N) is 1. The highest BCUT2D eigenvalue weighted by atomic mass is 35.5. The van der Waals surface area contributed by atoms with E-state index < -0.39 is 0 Å². The van der Waals surface area contributed by atoms with Crippen LogP contribution in [-0.2, 0) is 0 Å². The highest BCUT2D eigenvalue weighted by Crippen LogP contribution is 2.30. The molecule has 0 atom stereocenters. The summed E-state index contributed by atoms with van der Waals surface area (Å²) in [6.45, 7) is 2.24. The molecule has 0 spiro atoms. The molecule has 0 saturated heterocycles. The predicted octanol–water partition coefficient (Wildman–Crippen LogP) is 3.96. The number of nitrogen functional groups attached to an aromatic ring is 1. The minimum Gasteiger partial charge on any atom is -0.398 e. The van der Waals surface area contributed by atoms with E-state index in [1.165, 1.54) is 19.3 Å². The maximum absolute atomic E-state index is 12.6. The molecule has 1 aromatic rings. The number of amides is 1. The van der Waals surface area contributed by atoms with E-state index in [4.69, 9.17) is 17.3 Å². The molecule has 0 aromatic heterocycles. The Bertz CT molecular complexity index is 481. The number of carbonyl (C=O) groups is 1. The van der Waals surface area contributed by atoms with Crippen molar-refractivity contribution in [1.82, 2.24) is 4.90 Å². The van der Waals surface area contributed by atoms with Crippen LogP contribution in [0.4, 0.5) is 5.69 Å². The molecule has 1 amide bonds. The third-order valence-electron chi connectivity index (χ3n) is 4.51. The number of benzene rings is 1. The second-order valence-corrected chi connectivity index (χ2v) is 6.17. The van der Waals surface area contributed by atoms with Gasteiger partial charge in [0.2, 0.25) is 0 Å². The minimum absolute atomic E-state index is 0.0232. The first-order chi connectivity index (χ1) is 9.52. The van der Waals surface area contributed by atoms with E-state index in [0.29, 0.717) is 22.3 Å². The molecule has 1 aliphatic rings. The Kier molecular flexibility index (Phi) is 4.92. The zero-order chi connectivity index (χ0) is 14.7. The number of hydrogen-bond donors (Lipinski definition) is 1. The molecule has 0 aliphatic heterocycles. The van der Waals surface area contributed by atoms with Crippen molar-refractivity contribution in [3.8, 4) is 0 Å². The van der Waals surface area contributed by atoms with Crippen LogP contribution in [0.25, 0.3) is 0 Å². The lowest BCUT2D eigenvalue weighted by Gasteiger charge is -2.34. The van der Waals surface area contributed by atoms with Crippen LogP contribution in [0.3, 0.4) is 0 Å². The fourth-order valence-electron chi connectivity index (χ4n) is 3.01. The van der Waals surface area contributed by atoms with Crippen molar-refractivity contribution >= 4 is 23.2 Å². The molecule has 2 rings (SSSR count). The number of anilines is 1. The summed E-state index contributed by atoms with van der Waals surface area (Å²) in [7, 11) is 1.87. The van der Waals surface area contributed by atoms with Crippen LogP contribution < -0.4 is 5.73 Å². The average molecular weight is 295 g/mol. The largest absolute Gasteiger partial charge is 0.398 e. The van der Waals surface area contributed by atoms with Crippen molar-refractivity contribution in [3.63, 3.8) is 0 Å². The van der Waals surface area contributed by atoms with E-state index in [1.54, 1.807) is 18.2 Å². The van der Waals surface area contributed by atoms with Crippen molar-refractivity contribution in [2.75, 3.05) is 12.8 Å².